The summed E-state index contributed by atoms with van der Waals surface area (Å²) in [6.07, 6.45) is -1.08. The van der Waals surface area contributed by atoms with Crippen molar-refractivity contribution in [2.24, 2.45) is 0 Å². The van der Waals surface area contributed by atoms with E-state index < -0.39 is 11.7 Å². The van der Waals surface area contributed by atoms with Crippen molar-refractivity contribution in [1.29, 1.82) is 0 Å². The molecular weight excluding hydrogens is 385 g/mol. The normalized spacial score (nSPS) is 15.9. The molecule has 0 radical (unpaired) electrons. The fourth-order valence-electron chi connectivity index (χ4n) is 3.22. The summed E-state index contributed by atoms with van der Waals surface area (Å²) >= 11 is 0. The first-order valence-corrected chi connectivity index (χ1v) is 8.68. The fourth-order valence-corrected chi connectivity index (χ4v) is 3.22. The van der Waals surface area contributed by atoms with Crippen molar-refractivity contribution in [2.75, 3.05) is 19.5 Å². The molecule has 1 atom stereocenters. The first kappa shape index (κ1) is 18.9. The summed E-state index contributed by atoms with van der Waals surface area (Å²) in [6.45, 7) is 0. The Bertz CT molecular complexity index is 1060. The van der Waals surface area contributed by atoms with Crippen molar-refractivity contribution in [3.63, 3.8) is 0 Å². The topological polar surface area (TPSA) is 61.2 Å². The lowest BCUT2D eigenvalue weighted by molar-refractivity contribution is -0.137. The highest BCUT2D eigenvalue weighted by molar-refractivity contribution is 5.77. The van der Waals surface area contributed by atoms with Gasteiger partial charge in [-0.2, -0.15) is 23.3 Å². The molecule has 4 rings (SSSR count). The Morgan fingerprint density at radius 3 is 2.38 bits per heavy atom. The molecule has 0 bridgehead atoms. The molecule has 1 unspecified atom stereocenters. The lowest BCUT2D eigenvalue weighted by atomic mass is 10.0. The minimum atomic E-state index is -4.38. The van der Waals surface area contributed by atoms with Crippen molar-refractivity contribution in [1.82, 2.24) is 14.8 Å². The highest BCUT2D eigenvalue weighted by atomic mass is 19.4. The van der Waals surface area contributed by atoms with Gasteiger partial charge in [-0.15, -0.1) is 0 Å². The van der Waals surface area contributed by atoms with Crippen LogP contribution in [0.1, 0.15) is 22.7 Å². The third-order valence-electron chi connectivity index (χ3n) is 4.68. The number of methoxy groups -OCH3 is 2. The maximum Gasteiger partial charge on any atom is 0.416 e. The van der Waals surface area contributed by atoms with Gasteiger partial charge in [-0.05, 0) is 41.5 Å². The van der Waals surface area contributed by atoms with Gasteiger partial charge >= 0.3 is 6.18 Å². The van der Waals surface area contributed by atoms with Gasteiger partial charge in [-0.1, -0.05) is 18.2 Å². The van der Waals surface area contributed by atoms with Crippen LogP contribution in [-0.4, -0.2) is 29.0 Å². The maximum atomic E-state index is 12.9. The Hall–Kier alpha value is -3.49. The largest absolute Gasteiger partial charge is 0.493 e. The maximum absolute atomic E-state index is 12.9. The van der Waals surface area contributed by atoms with Gasteiger partial charge in [0.15, 0.2) is 11.5 Å². The van der Waals surface area contributed by atoms with Gasteiger partial charge in [0.25, 0.3) is 0 Å². The number of nitrogens with zero attached hydrogens (tertiary/aromatic N) is 3. The number of anilines is 1. The number of hydrogen-bond donors (Lipinski definition) is 1. The lowest BCUT2D eigenvalue weighted by Gasteiger charge is -2.25. The Balaban J connectivity index is 1.75. The van der Waals surface area contributed by atoms with Crippen LogP contribution in [0.3, 0.4) is 0 Å². The zero-order valence-corrected chi connectivity index (χ0v) is 15.6. The van der Waals surface area contributed by atoms with Crippen molar-refractivity contribution in [3.8, 4) is 11.5 Å². The highest BCUT2D eigenvalue weighted by Crippen LogP contribution is 2.37. The average Bonchev–Trinajstić information content (AvgIpc) is 3.20. The standard InChI is InChI=1S/C20H17F3N4O2/c1-28-17-8-5-13(9-18(17)29-2)16-10-15(26-19-24-11-25-27(16)19)12-3-6-14(7-4-12)20(21,22)23/h3-11,16H,1-2H3,(H,24,25,26). The molecule has 6 nitrogen and oxygen atoms in total. The number of ether oxygens (including phenoxy) is 2. The van der Waals surface area contributed by atoms with E-state index >= 15 is 0 Å². The van der Waals surface area contributed by atoms with E-state index in [-0.39, 0.29) is 6.04 Å². The number of halogens is 3. The molecule has 2 aromatic carbocycles. The molecule has 0 saturated heterocycles. The summed E-state index contributed by atoms with van der Waals surface area (Å²) in [6, 6.07) is 10.2. The number of rotatable bonds is 4. The summed E-state index contributed by atoms with van der Waals surface area (Å²) in [7, 11) is 3.11. The summed E-state index contributed by atoms with van der Waals surface area (Å²) in [5, 5.41) is 7.38. The van der Waals surface area contributed by atoms with E-state index in [1.807, 2.05) is 18.2 Å². The highest BCUT2D eigenvalue weighted by Gasteiger charge is 2.30. The predicted octanol–water partition coefficient (Wildman–Crippen LogP) is 4.37. The van der Waals surface area contributed by atoms with Gasteiger partial charge < -0.3 is 14.8 Å². The average molecular weight is 402 g/mol. The molecule has 0 spiro atoms. The quantitative estimate of drug-likeness (QED) is 0.702. The van der Waals surface area contributed by atoms with Crippen LogP contribution in [0.4, 0.5) is 19.1 Å². The lowest BCUT2D eigenvalue weighted by Crippen LogP contribution is -2.20. The molecule has 0 amide bonds. The van der Waals surface area contributed by atoms with Crippen LogP contribution in [0.25, 0.3) is 5.70 Å². The number of aromatic nitrogens is 3. The molecular formula is C20H17F3N4O2. The molecule has 1 aromatic heterocycles. The molecule has 150 valence electrons. The summed E-state index contributed by atoms with van der Waals surface area (Å²) < 4.78 is 50.9. The number of nitrogens with one attached hydrogen (secondary N) is 1. The zero-order valence-electron chi connectivity index (χ0n) is 15.6. The van der Waals surface area contributed by atoms with Crippen LogP contribution in [0.15, 0.2) is 54.9 Å². The van der Waals surface area contributed by atoms with Gasteiger partial charge in [0.1, 0.15) is 12.4 Å². The van der Waals surface area contributed by atoms with E-state index in [4.69, 9.17) is 9.47 Å². The number of fused-ring (bicyclic) bond motifs is 1. The zero-order chi connectivity index (χ0) is 20.6. The molecule has 3 aromatic rings. The SMILES string of the molecule is COc1ccc(C2C=C(c3ccc(C(F)(F)F)cc3)Nc3ncnn32)cc1OC. The molecule has 2 heterocycles. The van der Waals surface area contributed by atoms with Crippen molar-refractivity contribution in [2.45, 2.75) is 12.2 Å². The van der Waals surface area contributed by atoms with Gasteiger partial charge in [-0.25, -0.2) is 4.68 Å². The van der Waals surface area contributed by atoms with Crippen LogP contribution in [0.2, 0.25) is 0 Å². The predicted molar refractivity (Wildman–Crippen MR) is 101 cm³/mol. The minimum Gasteiger partial charge on any atom is -0.493 e. The molecule has 1 aliphatic rings. The van der Waals surface area contributed by atoms with E-state index in [0.29, 0.717) is 28.7 Å². The molecule has 0 fully saturated rings. The Morgan fingerprint density at radius 1 is 1.00 bits per heavy atom. The van der Waals surface area contributed by atoms with Crippen molar-refractivity contribution in [3.05, 3.63) is 71.6 Å². The molecule has 1 aliphatic heterocycles. The summed E-state index contributed by atoms with van der Waals surface area (Å²) in [5.74, 6) is 1.65. The molecule has 9 heteroatoms. The van der Waals surface area contributed by atoms with Gasteiger partial charge in [0, 0.05) is 5.70 Å². The monoisotopic (exact) mass is 402 g/mol. The second kappa shape index (κ2) is 7.16. The third kappa shape index (κ3) is 3.51. The fraction of sp³-hybridized carbons (Fsp3) is 0.200. The summed E-state index contributed by atoms with van der Waals surface area (Å²) in [5.41, 5.74) is 1.41. The summed E-state index contributed by atoms with van der Waals surface area (Å²) in [4.78, 5) is 4.21. The van der Waals surface area contributed by atoms with E-state index in [1.54, 1.807) is 25.0 Å². The van der Waals surface area contributed by atoms with Gasteiger partial charge in [0.2, 0.25) is 5.95 Å². The van der Waals surface area contributed by atoms with E-state index in [1.165, 1.54) is 18.5 Å². The number of alkyl halides is 3. The first-order valence-electron chi connectivity index (χ1n) is 8.68. The second-order valence-electron chi connectivity index (χ2n) is 6.37. The van der Waals surface area contributed by atoms with Crippen LogP contribution >= 0.6 is 0 Å². The minimum absolute atomic E-state index is 0.328. The Morgan fingerprint density at radius 2 is 1.72 bits per heavy atom. The van der Waals surface area contributed by atoms with E-state index in [9.17, 15) is 13.2 Å². The second-order valence-corrected chi connectivity index (χ2v) is 6.37. The Labute approximate surface area is 164 Å². The number of allylic oxidation sites excluding steroid dienone is 1. The molecule has 0 saturated carbocycles. The van der Waals surface area contributed by atoms with Crippen LogP contribution in [0, 0.1) is 0 Å². The van der Waals surface area contributed by atoms with Crippen LogP contribution in [-0.2, 0) is 6.18 Å². The Kier molecular flexibility index (Phi) is 4.65. The first-order chi connectivity index (χ1) is 13.9. The molecule has 29 heavy (non-hydrogen) atoms. The van der Waals surface area contributed by atoms with Crippen molar-refractivity contribution < 1.29 is 22.6 Å². The van der Waals surface area contributed by atoms with E-state index in [2.05, 4.69) is 15.4 Å². The number of benzene rings is 2. The number of hydrogen-bond acceptors (Lipinski definition) is 5. The van der Waals surface area contributed by atoms with Crippen LogP contribution < -0.4 is 14.8 Å². The molecule has 1 N–H and O–H groups in total. The molecule has 0 aliphatic carbocycles. The van der Waals surface area contributed by atoms with Crippen LogP contribution in [0.5, 0.6) is 11.5 Å². The van der Waals surface area contributed by atoms with Gasteiger partial charge in [0.05, 0.1) is 19.8 Å². The van der Waals surface area contributed by atoms with Gasteiger partial charge in [-0.3, -0.25) is 0 Å². The van der Waals surface area contributed by atoms with Crippen molar-refractivity contribution >= 4 is 11.6 Å². The third-order valence-corrected chi connectivity index (χ3v) is 4.68. The smallest absolute Gasteiger partial charge is 0.416 e. The van der Waals surface area contributed by atoms with E-state index in [0.717, 1.165) is 17.7 Å².